The van der Waals surface area contributed by atoms with Gasteiger partial charge in [-0.15, -0.1) is 0 Å². The number of aromatic nitrogens is 1. The third-order valence-corrected chi connectivity index (χ3v) is 1.77. The number of pyridine rings is 1. The van der Waals surface area contributed by atoms with Crippen LogP contribution < -0.4 is 0 Å². The lowest BCUT2D eigenvalue weighted by Gasteiger charge is -1.95. The Balaban J connectivity index is 3.01. The maximum Gasteiger partial charge on any atom is 0.335 e. The zero-order valence-electron chi connectivity index (χ0n) is 5.62. The van der Waals surface area contributed by atoms with Crippen LogP contribution in [0.15, 0.2) is 18.3 Å². The molecule has 0 bridgehead atoms. The van der Waals surface area contributed by atoms with Crippen molar-refractivity contribution in [2.45, 2.75) is 5.33 Å². The number of alkyl halides is 1. The maximum absolute atomic E-state index is 10.4. The molecule has 0 radical (unpaired) electrons. The van der Waals surface area contributed by atoms with Gasteiger partial charge < -0.3 is 5.11 Å². The van der Waals surface area contributed by atoms with Crippen LogP contribution in [-0.4, -0.2) is 16.1 Å². The average Bonchev–Trinajstić information content (AvgIpc) is 2.05. The molecular weight excluding hydrogens is 210 g/mol. The highest BCUT2D eigenvalue weighted by atomic mass is 79.9. The van der Waals surface area contributed by atoms with Crippen molar-refractivity contribution in [3.8, 4) is 0 Å². The standard InChI is InChI=1S/C7H6BrNO2/c8-4-6-3-5(7(10)11)1-2-9-6/h1-3H,4H2,(H,10,11). The SMILES string of the molecule is O=C(O)c1ccnc(CBr)c1. The fourth-order valence-corrected chi connectivity index (χ4v) is 0.991. The van der Waals surface area contributed by atoms with Crippen LogP contribution in [0.3, 0.4) is 0 Å². The van der Waals surface area contributed by atoms with E-state index in [2.05, 4.69) is 20.9 Å². The first-order valence-corrected chi connectivity index (χ1v) is 4.10. The molecule has 0 saturated carbocycles. The quantitative estimate of drug-likeness (QED) is 0.765. The Kier molecular flexibility index (Phi) is 2.59. The van der Waals surface area contributed by atoms with Gasteiger partial charge in [0.15, 0.2) is 0 Å². The fraction of sp³-hybridized carbons (Fsp3) is 0.143. The van der Waals surface area contributed by atoms with Gasteiger partial charge in [-0.3, -0.25) is 4.98 Å². The first-order chi connectivity index (χ1) is 5.24. The van der Waals surface area contributed by atoms with Gasteiger partial charge in [-0.25, -0.2) is 4.79 Å². The van der Waals surface area contributed by atoms with Crippen LogP contribution >= 0.6 is 15.9 Å². The average molecular weight is 216 g/mol. The highest BCUT2D eigenvalue weighted by molar-refractivity contribution is 9.08. The summed E-state index contributed by atoms with van der Waals surface area (Å²) in [5.74, 6) is -0.922. The van der Waals surface area contributed by atoms with Gasteiger partial charge in [0, 0.05) is 11.5 Å². The molecule has 1 N–H and O–H groups in total. The van der Waals surface area contributed by atoms with Crippen LogP contribution in [0.5, 0.6) is 0 Å². The van der Waals surface area contributed by atoms with Crippen molar-refractivity contribution in [3.05, 3.63) is 29.6 Å². The molecule has 4 heteroatoms. The highest BCUT2D eigenvalue weighted by Gasteiger charge is 2.02. The number of hydrogen-bond acceptors (Lipinski definition) is 2. The Morgan fingerprint density at radius 3 is 3.00 bits per heavy atom. The summed E-state index contributed by atoms with van der Waals surface area (Å²) in [5.41, 5.74) is 0.999. The second-order valence-electron chi connectivity index (χ2n) is 1.97. The molecule has 1 rings (SSSR count). The Bertz CT molecular complexity index is 275. The van der Waals surface area contributed by atoms with Crippen LogP contribution in [0.2, 0.25) is 0 Å². The van der Waals surface area contributed by atoms with Crippen molar-refractivity contribution < 1.29 is 9.90 Å². The van der Waals surface area contributed by atoms with E-state index in [0.717, 1.165) is 5.69 Å². The predicted octanol–water partition coefficient (Wildman–Crippen LogP) is 1.67. The van der Waals surface area contributed by atoms with Gasteiger partial charge in [0.05, 0.1) is 11.3 Å². The van der Waals surface area contributed by atoms with Crippen molar-refractivity contribution in [3.63, 3.8) is 0 Å². The van der Waals surface area contributed by atoms with E-state index in [9.17, 15) is 4.79 Å². The fourth-order valence-electron chi connectivity index (χ4n) is 0.684. The molecule has 0 saturated heterocycles. The molecular formula is C7H6BrNO2. The van der Waals surface area contributed by atoms with E-state index in [1.165, 1.54) is 18.3 Å². The zero-order valence-corrected chi connectivity index (χ0v) is 7.21. The zero-order chi connectivity index (χ0) is 8.27. The third kappa shape index (κ3) is 2.01. The summed E-state index contributed by atoms with van der Waals surface area (Å²) in [6, 6.07) is 3.01. The molecule has 0 aliphatic carbocycles. The summed E-state index contributed by atoms with van der Waals surface area (Å²) in [5, 5.41) is 9.14. The predicted molar refractivity (Wildman–Crippen MR) is 43.8 cm³/mol. The number of rotatable bonds is 2. The van der Waals surface area contributed by atoms with E-state index in [4.69, 9.17) is 5.11 Å². The molecule has 0 aliphatic heterocycles. The smallest absolute Gasteiger partial charge is 0.335 e. The van der Waals surface area contributed by atoms with E-state index < -0.39 is 5.97 Å². The minimum absolute atomic E-state index is 0.273. The van der Waals surface area contributed by atoms with Crippen molar-refractivity contribution in [2.24, 2.45) is 0 Å². The summed E-state index contributed by atoms with van der Waals surface area (Å²) < 4.78 is 0. The summed E-state index contributed by atoms with van der Waals surface area (Å²) in [6.45, 7) is 0. The molecule has 11 heavy (non-hydrogen) atoms. The topological polar surface area (TPSA) is 50.2 Å². The molecule has 1 heterocycles. The van der Waals surface area contributed by atoms with Gasteiger partial charge in [0.25, 0.3) is 0 Å². The van der Waals surface area contributed by atoms with Crippen LogP contribution in [-0.2, 0) is 5.33 Å². The number of halogens is 1. The van der Waals surface area contributed by atoms with Gasteiger partial charge >= 0.3 is 5.97 Å². The monoisotopic (exact) mass is 215 g/mol. The van der Waals surface area contributed by atoms with E-state index >= 15 is 0 Å². The minimum atomic E-state index is -0.922. The van der Waals surface area contributed by atoms with Gasteiger partial charge in [0.2, 0.25) is 0 Å². The van der Waals surface area contributed by atoms with E-state index in [-0.39, 0.29) is 5.56 Å². The molecule has 58 valence electrons. The number of carboxylic acids is 1. The number of carboxylic acid groups (broad SMARTS) is 1. The number of aromatic carboxylic acids is 1. The van der Waals surface area contributed by atoms with Gasteiger partial charge in [-0.1, -0.05) is 15.9 Å². The molecule has 0 aliphatic rings. The molecule has 1 aromatic rings. The van der Waals surface area contributed by atoms with Gasteiger partial charge in [0.1, 0.15) is 0 Å². The van der Waals surface area contributed by atoms with Crippen molar-refractivity contribution in [2.75, 3.05) is 0 Å². The normalized spacial score (nSPS) is 9.55. The van der Waals surface area contributed by atoms with E-state index in [0.29, 0.717) is 5.33 Å². The van der Waals surface area contributed by atoms with Crippen molar-refractivity contribution in [1.82, 2.24) is 4.98 Å². The summed E-state index contributed by atoms with van der Waals surface area (Å²) in [7, 11) is 0. The lowest BCUT2D eigenvalue weighted by Crippen LogP contribution is -1.97. The first kappa shape index (κ1) is 8.20. The van der Waals surface area contributed by atoms with Gasteiger partial charge in [-0.2, -0.15) is 0 Å². The Morgan fingerprint density at radius 1 is 1.73 bits per heavy atom. The highest BCUT2D eigenvalue weighted by Crippen LogP contribution is 2.04. The van der Waals surface area contributed by atoms with Crippen molar-refractivity contribution in [1.29, 1.82) is 0 Å². The Labute approximate surface area is 72.2 Å². The molecule has 0 spiro atoms. The van der Waals surface area contributed by atoms with Crippen LogP contribution in [0.4, 0.5) is 0 Å². The largest absolute Gasteiger partial charge is 0.478 e. The van der Waals surface area contributed by atoms with Crippen LogP contribution in [0, 0.1) is 0 Å². The minimum Gasteiger partial charge on any atom is -0.478 e. The van der Waals surface area contributed by atoms with Crippen LogP contribution in [0.25, 0.3) is 0 Å². The first-order valence-electron chi connectivity index (χ1n) is 2.98. The molecule has 0 aromatic carbocycles. The van der Waals surface area contributed by atoms with E-state index in [1.807, 2.05) is 0 Å². The summed E-state index contributed by atoms with van der Waals surface area (Å²) >= 11 is 3.19. The third-order valence-electron chi connectivity index (χ3n) is 1.20. The molecule has 0 atom stereocenters. The Morgan fingerprint density at radius 2 is 2.45 bits per heavy atom. The summed E-state index contributed by atoms with van der Waals surface area (Å²) in [6.07, 6.45) is 1.49. The van der Waals surface area contributed by atoms with Crippen molar-refractivity contribution >= 4 is 21.9 Å². The number of carbonyl (C=O) groups is 1. The molecule has 1 aromatic heterocycles. The Hall–Kier alpha value is -0.900. The maximum atomic E-state index is 10.4. The molecule has 3 nitrogen and oxygen atoms in total. The lowest BCUT2D eigenvalue weighted by molar-refractivity contribution is 0.0696. The number of hydrogen-bond donors (Lipinski definition) is 1. The molecule has 0 unspecified atom stereocenters. The number of nitrogens with zero attached hydrogens (tertiary/aromatic N) is 1. The van der Waals surface area contributed by atoms with E-state index in [1.54, 1.807) is 0 Å². The van der Waals surface area contributed by atoms with Crippen LogP contribution in [0.1, 0.15) is 16.1 Å². The lowest BCUT2D eigenvalue weighted by atomic mass is 10.2. The van der Waals surface area contributed by atoms with Gasteiger partial charge in [-0.05, 0) is 12.1 Å². The second kappa shape index (κ2) is 3.48. The molecule has 0 amide bonds. The molecule has 0 fully saturated rings. The second-order valence-corrected chi connectivity index (χ2v) is 2.54. The summed E-state index contributed by atoms with van der Waals surface area (Å²) in [4.78, 5) is 14.4.